The highest BCUT2D eigenvalue weighted by molar-refractivity contribution is 5.94. The Morgan fingerprint density at radius 1 is 1.03 bits per heavy atom. The summed E-state index contributed by atoms with van der Waals surface area (Å²) in [5.41, 5.74) is 3.30. The molecule has 0 unspecified atom stereocenters. The predicted octanol–water partition coefficient (Wildman–Crippen LogP) is 4.45. The molecule has 1 aliphatic carbocycles. The quantitative estimate of drug-likeness (QED) is 0.605. The zero-order valence-electron chi connectivity index (χ0n) is 19.8. The van der Waals surface area contributed by atoms with Gasteiger partial charge < -0.3 is 15.0 Å². The molecule has 6 nitrogen and oxygen atoms in total. The minimum Gasteiger partial charge on any atom is -0.410 e. The van der Waals surface area contributed by atoms with E-state index >= 15 is 0 Å². The second-order valence-electron chi connectivity index (χ2n) is 9.31. The highest BCUT2D eigenvalue weighted by atomic mass is 16.6. The number of amides is 2. The third-order valence-electron chi connectivity index (χ3n) is 6.93. The summed E-state index contributed by atoms with van der Waals surface area (Å²) < 4.78 is 5.64. The van der Waals surface area contributed by atoms with E-state index in [4.69, 9.17) is 4.74 Å². The SMILES string of the molecule is CN(C)C(=O)Oc1cccc2c1CC[C@@H]1[C@H]2CCN1CCCCCNC(=O)c1ccccc1. The number of benzene rings is 2. The lowest BCUT2D eigenvalue weighted by molar-refractivity contribution is 0.0952. The van der Waals surface area contributed by atoms with Crippen LogP contribution in [0.3, 0.4) is 0 Å². The monoisotopic (exact) mass is 449 g/mol. The van der Waals surface area contributed by atoms with Crippen molar-refractivity contribution in [1.82, 2.24) is 15.1 Å². The van der Waals surface area contributed by atoms with E-state index in [9.17, 15) is 9.59 Å². The molecule has 2 aromatic carbocycles. The Labute approximate surface area is 196 Å². The zero-order valence-corrected chi connectivity index (χ0v) is 19.8. The Morgan fingerprint density at radius 2 is 1.85 bits per heavy atom. The molecule has 1 fully saturated rings. The van der Waals surface area contributed by atoms with Gasteiger partial charge in [0.15, 0.2) is 0 Å². The lowest BCUT2D eigenvalue weighted by atomic mass is 9.79. The Hall–Kier alpha value is -2.86. The van der Waals surface area contributed by atoms with Gasteiger partial charge in [0.1, 0.15) is 5.75 Å². The van der Waals surface area contributed by atoms with Crippen LogP contribution in [0.15, 0.2) is 48.5 Å². The molecular formula is C27H35N3O3. The van der Waals surface area contributed by atoms with E-state index in [1.54, 1.807) is 14.1 Å². The van der Waals surface area contributed by atoms with Crippen molar-refractivity contribution in [2.75, 3.05) is 33.7 Å². The summed E-state index contributed by atoms with van der Waals surface area (Å²) in [6, 6.07) is 16.1. The number of likely N-dealkylation sites (tertiary alicyclic amines) is 1. The number of hydrogen-bond acceptors (Lipinski definition) is 4. The molecule has 2 aromatic rings. The van der Waals surface area contributed by atoms with Crippen molar-refractivity contribution < 1.29 is 14.3 Å². The lowest BCUT2D eigenvalue weighted by Crippen LogP contribution is -2.36. The fourth-order valence-corrected chi connectivity index (χ4v) is 5.22. The summed E-state index contributed by atoms with van der Waals surface area (Å²) in [5.74, 6) is 1.26. The van der Waals surface area contributed by atoms with Crippen molar-refractivity contribution in [2.45, 2.75) is 50.5 Å². The summed E-state index contributed by atoms with van der Waals surface area (Å²) in [6.45, 7) is 2.96. The minimum absolute atomic E-state index is 0.00878. The standard InChI is InChI=1S/C27H35N3O3/c1-29(2)27(32)33-25-13-9-12-21-22-16-19-30(24(22)15-14-23(21)25)18-8-4-7-17-28-26(31)20-10-5-3-6-11-20/h3,5-6,9-13,22,24H,4,7-8,14-19H2,1-2H3,(H,28,31)/t22-,24+/m0/s1. The van der Waals surface area contributed by atoms with Crippen molar-refractivity contribution >= 4 is 12.0 Å². The average molecular weight is 450 g/mol. The average Bonchev–Trinajstić information content (AvgIpc) is 3.25. The molecule has 1 N–H and O–H groups in total. The maximum Gasteiger partial charge on any atom is 0.414 e. The van der Waals surface area contributed by atoms with Crippen molar-refractivity contribution in [3.8, 4) is 5.75 Å². The number of fused-ring (bicyclic) bond motifs is 3. The summed E-state index contributed by atoms with van der Waals surface area (Å²) in [6.07, 6.45) is 6.18. The third kappa shape index (κ3) is 5.56. The van der Waals surface area contributed by atoms with Crippen LogP contribution in [0.1, 0.15) is 59.5 Å². The molecule has 1 saturated heterocycles. The van der Waals surface area contributed by atoms with E-state index in [1.807, 2.05) is 42.5 Å². The minimum atomic E-state index is -0.321. The second kappa shape index (κ2) is 10.8. The first-order chi connectivity index (χ1) is 16.0. The van der Waals surface area contributed by atoms with Crippen LogP contribution >= 0.6 is 0 Å². The molecule has 0 bridgehead atoms. The molecule has 1 heterocycles. The Bertz CT molecular complexity index is 960. The molecule has 2 amide bonds. The smallest absolute Gasteiger partial charge is 0.410 e. The van der Waals surface area contributed by atoms with Gasteiger partial charge in [-0.15, -0.1) is 0 Å². The molecule has 2 atom stereocenters. The predicted molar refractivity (Wildman–Crippen MR) is 130 cm³/mol. The van der Waals surface area contributed by atoms with Crippen LogP contribution in [-0.4, -0.2) is 61.6 Å². The first-order valence-electron chi connectivity index (χ1n) is 12.1. The molecule has 6 heteroatoms. The highest BCUT2D eigenvalue weighted by Crippen LogP contribution is 2.44. The second-order valence-corrected chi connectivity index (χ2v) is 9.31. The van der Waals surface area contributed by atoms with Crippen molar-refractivity contribution in [3.63, 3.8) is 0 Å². The highest BCUT2D eigenvalue weighted by Gasteiger charge is 2.39. The number of unbranched alkanes of at least 4 members (excludes halogenated alkanes) is 2. The summed E-state index contributed by atoms with van der Waals surface area (Å²) >= 11 is 0. The van der Waals surface area contributed by atoms with Crippen LogP contribution in [-0.2, 0) is 6.42 Å². The summed E-state index contributed by atoms with van der Waals surface area (Å²) in [4.78, 5) is 28.3. The van der Waals surface area contributed by atoms with Crippen LogP contribution in [0.25, 0.3) is 0 Å². The number of carbonyl (C=O) groups is 2. The van der Waals surface area contributed by atoms with E-state index < -0.39 is 0 Å². The summed E-state index contributed by atoms with van der Waals surface area (Å²) in [7, 11) is 3.42. The van der Waals surface area contributed by atoms with E-state index in [0.717, 1.165) is 69.5 Å². The maximum atomic E-state index is 12.1. The topological polar surface area (TPSA) is 61.9 Å². The molecule has 176 valence electrons. The van der Waals surface area contributed by atoms with Gasteiger partial charge in [-0.3, -0.25) is 9.69 Å². The molecule has 0 saturated carbocycles. The fourth-order valence-electron chi connectivity index (χ4n) is 5.22. The molecular weight excluding hydrogens is 414 g/mol. The number of rotatable bonds is 8. The first-order valence-corrected chi connectivity index (χ1v) is 12.1. The first kappa shape index (κ1) is 23.3. The van der Waals surface area contributed by atoms with Crippen LogP contribution < -0.4 is 10.1 Å². The zero-order chi connectivity index (χ0) is 23.2. The van der Waals surface area contributed by atoms with Gasteiger partial charge in [0.25, 0.3) is 5.91 Å². The number of ether oxygens (including phenoxy) is 1. The van der Waals surface area contributed by atoms with Crippen LogP contribution in [0, 0.1) is 0 Å². The number of nitrogens with one attached hydrogen (secondary N) is 1. The van der Waals surface area contributed by atoms with Gasteiger partial charge in [0, 0.05) is 38.2 Å². The van der Waals surface area contributed by atoms with Gasteiger partial charge in [-0.2, -0.15) is 0 Å². The number of nitrogens with zero attached hydrogens (tertiary/aromatic N) is 2. The van der Waals surface area contributed by atoms with E-state index in [2.05, 4.69) is 16.3 Å². The van der Waals surface area contributed by atoms with Gasteiger partial charge in [-0.05, 0) is 74.5 Å². The molecule has 4 rings (SSSR count). The van der Waals surface area contributed by atoms with Gasteiger partial charge in [0.2, 0.25) is 0 Å². The molecule has 1 aliphatic heterocycles. The Morgan fingerprint density at radius 3 is 2.64 bits per heavy atom. The third-order valence-corrected chi connectivity index (χ3v) is 6.93. The molecule has 33 heavy (non-hydrogen) atoms. The largest absolute Gasteiger partial charge is 0.414 e. The van der Waals surface area contributed by atoms with E-state index in [0.29, 0.717) is 12.0 Å². The van der Waals surface area contributed by atoms with E-state index in [-0.39, 0.29) is 12.0 Å². The number of hydrogen-bond donors (Lipinski definition) is 1. The van der Waals surface area contributed by atoms with Gasteiger partial charge in [-0.1, -0.05) is 36.8 Å². The summed E-state index contributed by atoms with van der Waals surface area (Å²) in [5, 5.41) is 3.02. The molecule has 2 aliphatic rings. The normalized spacial score (nSPS) is 19.5. The molecule has 0 radical (unpaired) electrons. The maximum absolute atomic E-state index is 12.1. The van der Waals surface area contributed by atoms with Crippen LogP contribution in [0.4, 0.5) is 4.79 Å². The van der Waals surface area contributed by atoms with Crippen molar-refractivity contribution in [1.29, 1.82) is 0 Å². The van der Waals surface area contributed by atoms with Crippen LogP contribution in [0.5, 0.6) is 5.75 Å². The van der Waals surface area contributed by atoms with Crippen molar-refractivity contribution in [3.05, 3.63) is 65.2 Å². The molecule has 0 spiro atoms. The van der Waals surface area contributed by atoms with Gasteiger partial charge in [-0.25, -0.2) is 4.79 Å². The van der Waals surface area contributed by atoms with Crippen molar-refractivity contribution in [2.24, 2.45) is 0 Å². The number of carbonyl (C=O) groups excluding carboxylic acids is 2. The lowest BCUT2D eigenvalue weighted by Gasteiger charge is -2.34. The van der Waals surface area contributed by atoms with Gasteiger partial charge >= 0.3 is 6.09 Å². The van der Waals surface area contributed by atoms with Crippen LogP contribution in [0.2, 0.25) is 0 Å². The fraction of sp³-hybridized carbons (Fsp3) is 0.481. The van der Waals surface area contributed by atoms with E-state index in [1.165, 1.54) is 16.0 Å². The van der Waals surface area contributed by atoms with Gasteiger partial charge in [0.05, 0.1) is 0 Å². The Kier molecular flexibility index (Phi) is 7.65. The Balaban J connectivity index is 1.23. The molecule has 0 aromatic heterocycles.